The summed E-state index contributed by atoms with van der Waals surface area (Å²) < 4.78 is 0. The highest BCUT2D eigenvalue weighted by molar-refractivity contribution is 5.81. The highest BCUT2D eigenvalue weighted by Gasteiger charge is 2.34. The van der Waals surface area contributed by atoms with E-state index in [1.807, 2.05) is 6.92 Å². The summed E-state index contributed by atoms with van der Waals surface area (Å²) in [5.41, 5.74) is 0. The zero-order valence-corrected chi connectivity index (χ0v) is 10.9. The van der Waals surface area contributed by atoms with Gasteiger partial charge in [0, 0.05) is 12.0 Å². The second-order valence-corrected chi connectivity index (χ2v) is 5.58. The lowest BCUT2D eigenvalue weighted by Gasteiger charge is -2.18. The fourth-order valence-electron chi connectivity index (χ4n) is 2.57. The summed E-state index contributed by atoms with van der Waals surface area (Å²) in [5, 5.41) is 11.9. The summed E-state index contributed by atoms with van der Waals surface area (Å²) >= 11 is 0. The van der Waals surface area contributed by atoms with Gasteiger partial charge in [-0.05, 0) is 38.5 Å². The van der Waals surface area contributed by atoms with Gasteiger partial charge in [0.1, 0.15) is 0 Å². The van der Waals surface area contributed by atoms with Crippen LogP contribution in [0.1, 0.15) is 46.5 Å². The van der Waals surface area contributed by atoms with E-state index in [1.165, 1.54) is 0 Å². The molecule has 0 aromatic carbocycles. The average molecular weight is 241 g/mol. The van der Waals surface area contributed by atoms with Crippen molar-refractivity contribution in [3.8, 4) is 0 Å². The Morgan fingerprint density at radius 2 is 1.82 bits per heavy atom. The molecule has 2 N–H and O–H groups in total. The highest BCUT2D eigenvalue weighted by Crippen LogP contribution is 2.31. The number of carboxylic acids is 1. The van der Waals surface area contributed by atoms with Crippen LogP contribution in [0.15, 0.2) is 0 Å². The number of rotatable bonds is 5. The Kier molecular flexibility index (Phi) is 4.97. The van der Waals surface area contributed by atoms with Gasteiger partial charge in [0.05, 0.1) is 5.92 Å². The lowest BCUT2D eigenvalue weighted by Crippen LogP contribution is -2.37. The fourth-order valence-corrected chi connectivity index (χ4v) is 2.57. The van der Waals surface area contributed by atoms with Crippen LogP contribution in [0.4, 0.5) is 0 Å². The third-order valence-electron chi connectivity index (χ3n) is 3.37. The fraction of sp³-hybridized carbons (Fsp3) is 0.846. The molecular formula is C13H23NO3. The third kappa shape index (κ3) is 4.36. The number of hydrogen-bond acceptors (Lipinski definition) is 2. The molecule has 1 rings (SSSR count). The Bertz CT molecular complexity index is 288. The molecule has 98 valence electrons. The van der Waals surface area contributed by atoms with E-state index in [0.29, 0.717) is 25.2 Å². The molecule has 3 atom stereocenters. The van der Waals surface area contributed by atoms with Crippen LogP contribution in [0.3, 0.4) is 0 Å². The zero-order valence-electron chi connectivity index (χ0n) is 10.9. The van der Waals surface area contributed by atoms with E-state index in [9.17, 15) is 9.59 Å². The molecular weight excluding hydrogens is 218 g/mol. The van der Waals surface area contributed by atoms with Crippen molar-refractivity contribution < 1.29 is 14.7 Å². The normalized spacial score (nSPS) is 25.9. The zero-order chi connectivity index (χ0) is 13.0. The number of carbonyl (C=O) groups excluding carboxylic acids is 1. The number of amides is 1. The van der Waals surface area contributed by atoms with Gasteiger partial charge in [0.15, 0.2) is 0 Å². The second-order valence-electron chi connectivity index (χ2n) is 5.58. The van der Waals surface area contributed by atoms with Crippen molar-refractivity contribution in [3.05, 3.63) is 0 Å². The SMILES string of the molecule is CC(C)CC(C)NC(=O)[C@@H]1CC[C@H](C(=O)O)C1. The molecule has 1 saturated carbocycles. The summed E-state index contributed by atoms with van der Waals surface area (Å²) in [5.74, 6) is -0.616. The van der Waals surface area contributed by atoms with Gasteiger partial charge in [-0.25, -0.2) is 0 Å². The lowest BCUT2D eigenvalue weighted by atomic mass is 10.0. The predicted molar refractivity (Wildman–Crippen MR) is 65.5 cm³/mol. The monoisotopic (exact) mass is 241 g/mol. The van der Waals surface area contributed by atoms with Gasteiger partial charge in [-0.15, -0.1) is 0 Å². The van der Waals surface area contributed by atoms with Gasteiger partial charge in [-0.3, -0.25) is 9.59 Å². The van der Waals surface area contributed by atoms with Crippen molar-refractivity contribution in [3.63, 3.8) is 0 Å². The second kappa shape index (κ2) is 6.03. The average Bonchev–Trinajstić information content (AvgIpc) is 2.64. The lowest BCUT2D eigenvalue weighted by molar-refractivity contribution is -0.141. The van der Waals surface area contributed by atoms with Gasteiger partial charge in [0.2, 0.25) is 5.91 Å². The van der Waals surface area contributed by atoms with E-state index >= 15 is 0 Å². The summed E-state index contributed by atoms with van der Waals surface area (Å²) in [7, 11) is 0. The molecule has 1 unspecified atom stereocenters. The first-order valence-electron chi connectivity index (χ1n) is 6.43. The largest absolute Gasteiger partial charge is 0.481 e. The molecule has 0 bridgehead atoms. The summed E-state index contributed by atoms with van der Waals surface area (Å²) in [6.07, 6.45) is 2.79. The molecule has 1 amide bonds. The molecule has 1 aliphatic carbocycles. The summed E-state index contributed by atoms with van der Waals surface area (Å²) in [6, 6.07) is 0.173. The first-order chi connectivity index (χ1) is 7.90. The molecule has 0 aromatic heterocycles. The Morgan fingerprint density at radius 1 is 1.24 bits per heavy atom. The molecule has 0 radical (unpaired) electrons. The van der Waals surface area contributed by atoms with Crippen molar-refractivity contribution in [2.24, 2.45) is 17.8 Å². The van der Waals surface area contributed by atoms with Crippen LogP contribution in [-0.2, 0) is 9.59 Å². The third-order valence-corrected chi connectivity index (χ3v) is 3.37. The maximum Gasteiger partial charge on any atom is 0.306 e. The topological polar surface area (TPSA) is 66.4 Å². The van der Waals surface area contributed by atoms with Crippen LogP contribution in [0.5, 0.6) is 0 Å². The van der Waals surface area contributed by atoms with Gasteiger partial charge in [0.25, 0.3) is 0 Å². The highest BCUT2D eigenvalue weighted by atomic mass is 16.4. The van der Waals surface area contributed by atoms with Gasteiger partial charge in [-0.2, -0.15) is 0 Å². The van der Waals surface area contributed by atoms with E-state index in [0.717, 1.165) is 6.42 Å². The van der Waals surface area contributed by atoms with Crippen LogP contribution in [0, 0.1) is 17.8 Å². The molecule has 0 heterocycles. The van der Waals surface area contributed by atoms with Crippen LogP contribution < -0.4 is 5.32 Å². The Hall–Kier alpha value is -1.06. The Balaban J connectivity index is 2.37. The van der Waals surface area contributed by atoms with Gasteiger partial charge in [-0.1, -0.05) is 13.8 Å². The van der Waals surface area contributed by atoms with Crippen LogP contribution >= 0.6 is 0 Å². The van der Waals surface area contributed by atoms with Crippen molar-refractivity contribution in [2.75, 3.05) is 0 Å². The first-order valence-corrected chi connectivity index (χ1v) is 6.43. The molecule has 0 saturated heterocycles. The Labute approximate surface area is 103 Å². The van der Waals surface area contributed by atoms with E-state index < -0.39 is 5.97 Å². The van der Waals surface area contributed by atoms with Crippen molar-refractivity contribution in [1.29, 1.82) is 0 Å². The Morgan fingerprint density at radius 3 is 2.29 bits per heavy atom. The first kappa shape index (κ1) is 14.0. The molecule has 4 heteroatoms. The summed E-state index contributed by atoms with van der Waals surface area (Å²) in [4.78, 5) is 22.7. The quantitative estimate of drug-likeness (QED) is 0.774. The number of nitrogens with one attached hydrogen (secondary N) is 1. The van der Waals surface area contributed by atoms with Gasteiger partial charge < -0.3 is 10.4 Å². The summed E-state index contributed by atoms with van der Waals surface area (Å²) in [6.45, 7) is 6.25. The molecule has 1 fully saturated rings. The number of carboxylic acid groups (broad SMARTS) is 1. The number of carbonyl (C=O) groups is 2. The van der Waals surface area contributed by atoms with E-state index in [4.69, 9.17) is 5.11 Å². The smallest absolute Gasteiger partial charge is 0.306 e. The molecule has 4 nitrogen and oxygen atoms in total. The predicted octanol–water partition coefficient (Wildman–Crippen LogP) is 2.04. The van der Waals surface area contributed by atoms with Crippen molar-refractivity contribution in [1.82, 2.24) is 5.32 Å². The molecule has 0 aliphatic heterocycles. The van der Waals surface area contributed by atoms with E-state index in [2.05, 4.69) is 19.2 Å². The van der Waals surface area contributed by atoms with Crippen molar-refractivity contribution in [2.45, 2.75) is 52.5 Å². The van der Waals surface area contributed by atoms with E-state index in [1.54, 1.807) is 0 Å². The van der Waals surface area contributed by atoms with Crippen LogP contribution in [0.25, 0.3) is 0 Å². The standard InChI is InChI=1S/C13H23NO3/c1-8(2)6-9(3)14-12(15)10-4-5-11(7-10)13(16)17/h8-11H,4-7H2,1-3H3,(H,14,15)(H,16,17)/t9?,10-,11+/m1/s1. The molecule has 0 spiro atoms. The molecule has 0 aromatic rings. The van der Waals surface area contributed by atoms with Crippen molar-refractivity contribution >= 4 is 11.9 Å². The maximum absolute atomic E-state index is 11.9. The maximum atomic E-state index is 11.9. The minimum atomic E-state index is -0.768. The molecule has 1 aliphatic rings. The minimum Gasteiger partial charge on any atom is -0.481 e. The van der Waals surface area contributed by atoms with E-state index in [-0.39, 0.29) is 23.8 Å². The minimum absolute atomic E-state index is 0.0295. The molecule has 17 heavy (non-hydrogen) atoms. The number of hydrogen-bond donors (Lipinski definition) is 2. The van der Waals surface area contributed by atoms with Crippen LogP contribution in [0.2, 0.25) is 0 Å². The van der Waals surface area contributed by atoms with Crippen LogP contribution in [-0.4, -0.2) is 23.0 Å². The number of aliphatic carboxylic acids is 1. The van der Waals surface area contributed by atoms with Gasteiger partial charge >= 0.3 is 5.97 Å².